The van der Waals surface area contributed by atoms with E-state index in [1.807, 2.05) is 0 Å². The number of aliphatic hydroxyl groups is 18. The van der Waals surface area contributed by atoms with E-state index in [0.717, 1.165) is 0 Å². The molecule has 0 aromatic carbocycles. The molecule has 0 amide bonds. The lowest BCUT2D eigenvalue weighted by atomic mass is 10.1. The molecule has 48 nitrogen and oxygen atoms in total. The monoisotopic (exact) mass is 1480 g/mol. The van der Waals surface area contributed by atoms with E-state index in [1.54, 1.807) is 0 Å². The Kier molecular flexibility index (Phi) is 31.1. The fourth-order valence-electron chi connectivity index (χ4n) is 10.4. The van der Waals surface area contributed by atoms with Gasteiger partial charge in [-0.15, -0.1) is 0 Å². The predicted octanol–water partition coefficient (Wildman–Crippen LogP) is -13.4. The van der Waals surface area contributed by atoms with Crippen LogP contribution in [0.4, 0.5) is 0 Å². The Morgan fingerprint density at radius 1 is 0.250 bits per heavy atom. The van der Waals surface area contributed by atoms with E-state index in [9.17, 15) is 61.3 Å². The Morgan fingerprint density at radius 3 is 0.452 bits per heavy atom. The van der Waals surface area contributed by atoms with Gasteiger partial charge in [0.15, 0.2) is 37.4 Å². The van der Waals surface area contributed by atoms with E-state index in [0.29, 0.717) is 0 Å². The van der Waals surface area contributed by atoms with Gasteiger partial charge in [0.1, 0.15) is 183 Å². The normalized spacial score (nSPS) is 36.8. The van der Waals surface area contributed by atoms with Crippen molar-refractivity contribution in [3.8, 4) is 0 Å². The zero-order chi connectivity index (χ0) is 75.5. The van der Waals surface area contributed by atoms with Crippen LogP contribution in [0.2, 0.25) is 0 Å². The van der Waals surface area contributed by atoms with E-state index < -0.39 is 187 Å². The Morgan fingerprint density at radius 2 is 0.365 bits per heavy atom. The van der Waals surface area contributed by atoms with E-state index >= 15 is 0 Å². The maximum absolute atomic E-state index is 9.78. The van der Waals surface area contributed by atoms with Gasteiger partial charge >= 0.3 is 0 Å². The van der Waals surface area contributed by atoms with Gasteiger partial charge in [0.25, 0.3) is 0 Å². The molecule has 6 unspecified atom stereocenters. The Hall–Kier alpha value is -8.88. The van der Waals surface area contributed by atoms with Gasteiger partial charge < -0.3 is 155 Å². The van der Waals surface area contributed by atoms with Gasteiger partial charge in [0, 0.05) is 0 Å². The van der Waals surface area contributed by atoms with Crippen molar-refractivity contribution in [3.05, 3.63) is 74.4 Å². The molecule has 48 heteroatoms. The molecule has 6 saturated heterocycles. The van der Waals surface area contributed by atoms with Crippen LogP contribution < -0.4 is 34.4 Å². The topological polar surface area (TPSA) is 743 Å². The summed E-state index contributed by atoms with van der Waals surface area (Å²) < 4.78 is 31.8. The molecule has 0 aromatic rings. The number of nitrogens with zero attached hydrogens (tertiary/aromatic N) is 18. The Labute approximate surface area is 592 Å². The molecule has 6 fully saturated rings. The standard InChI is InChI=1S/6C9H14N4O4.2CH4/c6*1-4-12-9(10)11-3-13(4)8-7(16)6(15)5(2-14)17-8;;/h6*3,5-8,14-16H,1-2H2,(H2,10,12);2*1H4/t6*5-,6?,7+,8-;;/m111111../s1. The molecule has 0 spiro atoms. The van der Waals surface area contributed by atoms with Crippen molar-refractivity contribution in [2.45, 2.75) is 162 Å². The summed E-state index contributed by atoms with van der Waals surface area (Å²) >= 11 is 0. The fraction of sp³-hybridized carbons (Fsp3) is 0.571. The minimum absolute atomic E-state index is 0. The molecule has 0 saturated carbocycles. The number of ether oxygens (including phenoxy) is 6. The number of aliphatic imine (C=N–C) groups is 12. The highest BCUT2D eigenvalue weighted by molar-refractivity contribution is 5.92. The Bertz CT molecular complexity index is 2860. The second-order valence-corrected chi connectivity index (χ2v) is 22.6. The largest absolute Gasteiger partial charge is 0.394 e. The molecule has 0 radical (unpaired) electrons. The molecule has 24 atom stereocenters. The first-order chi connectivity index (χ1) is 48.2. The molecule has 12 rings (SSSR count). The second-order valence-electron chi connectivity index (χ2n) is 22.6. The molecule has 0 aromatic heterocycles. The SMILES string of the molecule is C.C.C=C1N=C(N)N=CN1[C@@H]1O[C@H](CO)C(O)[C@@H]1O.C=C1N=C(N)N=CN1[C@@H]1O[C@H](CO)C(O)[C@@H]1O.C=C1N=C(N)N=CN1[C@@H]1O[C@H](CO)C(O)[C@@H]1O.C=C1N=C(N)N=CN1[C@@H]1O[C@H](CO)C(O)[C@@H]1O.C=C1N=C(N)N=CN1[C@@H]1O[C@H](CO)C(O)[C@@H]1O.C=C1N=C(N)N=CN1[C@@H]1O[C@H](CO)C(O)[C@@H]1O. The predicted molar refractivity (Wildman–Crippen MR) is 367 cm³/mol. The van der Waals surface area contributed by atoms with Crippen molar-refractivity contribution >= 4 is 73.8 Å². The van der Waals surface area contributed by atoms with Crippen LogP contribution in [-0.4, -0.2) is 382 Å². The smallest absolute Gasteiger partial charge is 0.223 e. The van der Waals surface area contributed by atoms with Crippen LogP contribution in [0.1, 0.15) is 14.9 Å². The highest BCUT2D eigenvalue weighted by atomic mass is 16.6. The van der Waals surface area contributed by atoms with Gasteiger partial charge in [-0.2, -0.15) is 30.0 Å². The number of guanidine groups is 6. The summed E-state index contributed by atoms with van der Waals surface area (Å²) in [5.74, 6) is 1.78. The first-order valence-corrected chi connectivity index (χ1v) is 30.1. The van der Waals surface area contributed by atoms with Gasteiger partial charge in [-0.25, -0.2) is 30.0 Å². The summed E-state index contributed by atoms with van der Waals surface area (Å²) in [5.41, 5.74) is 32.2. The summed E-state index contributed by atoms with van der Waals surface area (Å²) in [5, 5.41) is 170. The molecule has 12 aliphatic rings. The van der Waals surface area contributed by atoms with Crippen molar-refractivity contribution in [2.24, 2.45) is 94.3 Å². The second kappa shape index (κ2) is 37.7. The maximum Gasteiger partial charge on any atom is 0.223 e. The number of rotatable bonds is 12. The van der Waals surface area contributed by atoms with Crippen molar-refractivity contribution in [3.63, 3.8) is 0 Å². The molecule has 104 heavy (non-hydrogen) atoms. The molecule has 30 N–H and O–H groups in total. The average molecular weight is 1490 g/mol. The van der Waals surface area contributed by atoms with E-state index in [-0.39, 0.29) is 85.5 Å². The zero-order valence-electron chi connectivity index (χ0n) is 53.8. The summed E-state index contributed by atoms with van der Waals surface area (Å²) in [6.45, 7) is 19.4. The lowest BCUT2D eigenvalue weighted by Crippen LogP contribution is -2.44. The van der Waals surface area contributed by atoms with E-state index in [1.165, 1.54) is 67.4 Å². The molecular formula is C56H92N24O24. The Balaban J connectivity index is 0.000000223. The lowest BCUT2D eigenvalue weighted by molar-refractivity contribution is -0.0607. The van der Waals surface area contributed by atoms with Gasteiger partial charge in [-0.1, -0.05) is 54.3 Å². The molecule has 580 valence electrons. The molecule has 0 bridgehead atoms. The van der Waals surface area contributed by atoms with Gasteiger partial charge in [-0.05, 0) is 0 Å². The maximum atomic E-state index is 9.78. The van der Waals surface area contributed by atoms with Crippen molar-refractivity contribution < 1.29 is 120 Å². The number of hydrogen-bond donors (Lipinski definition) is 24. The molecule has 0 aliphatic carbocycles. The van der Waals surface area contributed by atoms with E-state index in [4.69, 9.17) is 93.5 Å². The van der Waals surface area contributed by atoms with Crippen molar-refractivity contribution in [1.82, 2.24) is 29.4 Å². The number of aliphatic hydroxyl groups excluding tert-OH is 18. The highest BCUT2D eigenvalue weighted by Gasteiger charge is 2.51. The van der Waals surface area contributed by atoms with Crippen molar-refractivity contribution in [2.75, 3.05) is 39.6 Å². The minimum Gasteiger partial charge on any atom is -0.394 e. The zero-order valence-corrected chi connectivity index (χ0v) is 53.8. The summed E-state index contributed by atoms with van der Waals surface area (Å²) in [6, 6.07) is 0. The molecular weight excluding hydrogens is 1390 g/mol. The molecule has 12 aliphatic heterocycles. The summed E-state index contributed by atoms with van der Waals surface area (Å²) in [6.07, 6.45) is -16.8. The van der Waals surface area contributed by atoms with Crippen molar-refractivity contribution in [1.29, 1.82) is 0 Å². The average Bonchev–Trinajstić information content (AvgIpc) is 1.72. The van der Waals surface area contributed by atoms with Crippen LogP contribution in [0, 0.1) is 0 Å². The van der Waals surface area contributed by atoms with Crippen LogP contribution in [0.15, 0.2) is 134 Å². The van der Waals surface area contributed by atoms with Gasteiger partial charge in [-0.3, -0.25) is 29.4 Å². The van der Waals surface area contributed by atoms with Crippen LogP contribution in [-0.2, 0) is 28.4 Å². The quantitative estimate of drug-likeness (QED) is 0.0863. The van der Waals surface area contributed by atoms with Gasteiger partial charge in [0.2, 0.25) is 35.8 Å². The number of hydrogen-bond acceptors (Lipinski definition) is 48. The van der Waals surface area contributed by atoms with Crippen LogP contribution in [0.3, 0.4) is 0 Å². The van der Waals surface area contributed by atoms with Crippen LogP contribution in [0.25, 0.3) is 0 Å². The third kappa shape index (κ3) is 19.5. The number of nitrogens with two attached hydrogens (primary N) is 6. The minimum atomic E-state index is -1.19. The first kappa shape index (κ1) is 85.8. The summed E-state index contributed by atoms with van der Waals surface area (Å²) in [4.78, 5) is 53.4. The third-order valence-electron chi connectivity index (χ3n) is 15.9. The van der Waals surface area contributed by atoms with Crippen LogP contribution in [0.5, 0.6) is 0 Å². The van der Waals surface area contributed by atoms with Crippen LogP contribution >= 0.6 is 0 Å². The lowest BCUT2D eigenvalue weighted by Gasteiger charge is -2.29. The molecule has 12 heterocycles. The van der Waals surface area contributed by atoms with E-state index in [2.05, 4.69) is 99.4 Å². The first-order valence-electron chi connectivity index (χ1n) is 30.1. The fourth-order valence-corrected chi connectivity index (χ4v) is 10.4. The van der Waals surface area contributed by atoms with Gasteiger partial charge in [0.05, 0.1) is 39.6 Å². The summed E-state index contributed by atoms with van der Waals surface area (Å²) in [7, 11) is 0. The third-order valence-corrected chi connectivity index (χ3v) is 15.9. The highest BCUT2D eigenvalue weighted by Crippen LogP contribution is 2.32.